The summed E-state index contributed by atoms with van der Waals surface area (Å²) in [6.45, 7) is 2.61. The molecule has 0 radical (unpaired) electrons. The zero-order chi connectivity index (χ0) is 16.2. The Morgan fingerprint density at radius 2 is 1.62 bits per heavy atom. The second-order valence-electron chi connectivity index (χ2n) is 5.02. The zero-order valence-electron chi connectivity index (χ0n) is 12.4. The van der Waals surface area contributed by atoms with Crippen LogP contribution in [0.25, 0.3) is 0 Å². The molecule has 0 aliphatic rings. The lowest BCUT2D eigenvalue weighted by Gasteiger charge is -2.23. The molecular formula is C13H21F2N3O2S. The molecule has 0 aliphatic carbocycles. The molecule has 0 bridgehead atoms. The number of nitrogens with two attached hydrogens (primary N) is 1. The lowest BCUT2D eigenvalue weighted by atomic mass is 10.3. The van der Waals surface area contributed by atoms with Crippen LogP contribution in [-0.2, 0) is 10.0 Å². The average Bonchev–Trinajstić information content (AvgIpc) is 2.32. The van der Waals surface area contributed by atoms with Crippen molar-refractivity contribution in [2.45, 2.75) is 18.2 Å². The van der Waals surface area contributed by atoms with Crippen LogP contribution in [0, 0.1) is 11.6 Å². The summed E-state index contributed by atoms with van der Waals surface area (Å²) in [6.07, 6.45) is 0.546. The topological polar surface area (TPSA) is 66.6 Å². The summed E-state index contributed by atoms with van der Waals surface area (Å²) < 4.78 is 53.8. The van der Waals surface area contributed by atoms with Gasteiger partial charge in [-0.1, -0.05) is 6.92 Å². The van der Waals surface area contributed by atoms with Gasteiger partial charge in [0.2, 0.25) is 10.0 Å². The summed E-state index contributed by atoms with van der Waals surface area (Å²) in [5, 5.41) is 0. The molecule has 0 amide bonds. The van der Waals surface area contributed by atoms with Crippen LogP contribution in [0.4, 0.5) is 14.5 Å². The second-order valence-corrected chi connectivity index (χ2v) is 6.90. The Bertz CT molecular complexity index is 568. The van der Waals surface area contributed by atoms with Crippen LogP contribution in [0.3, 0.4) is 0 Å². The van der Waals surface area contributed by atoms with E-state index in [0.29, 0.717) is 13.0 Å². The molecule has 0 fully saturated rings. The Morgan fingerprint density at radius 3 is 2.05 bits per heavy atom. The van der Waals surface area contributed by atoms with Crippen molar-refractivity contribution >= 4 is 15.7 Å². The smallest absolute Gasteiger partial charge is 0.248 e. The zero-order valence-corrected chi connectivity index (χ0v) is 13.3. The van der Waals surface area contributed by atoms with E-state index in [1.807, 2.05) is 0 Å². The molecular weight excluding hydrogens is 300 g/mol. The molecule has 0 aliphatic heterocycles. The summed E-state index contributed by atoms with van der Waals surface area (Å²) >= 11 is 0. The number of anilines is 1. The molecule has 1 aromatic rings. The molecule has 0 aromatic heterocycles. The molecule has 0 spiro atoms. The van der Waals surface area contributed by atoms with Crippen molar-refractivity contribution in [3.63, 3.8) is 0 Å². The monoisotopic (exact) mass is 321 g/mol. The van der Waals surface area contributed by atoms with Crippen LogP contribution in [0.2, 0.25) is 0 Å². The van der Waals surface area contributed by atoms with Crippen molar-refractivity contribution in [2.75, 3.05) is 39.5 Å². The van der Waals surface area contributed by atoms with Gasteiger partial charge < -0.3 is 10.6 Å². The summed E-state index contributed by atoms with van der Waals surface area (Å²) in [5.41, 5.74) is 5.16. The highest BCUT2D eigenvalue weighted by Crippen LogP contribution is 2.25. The molecule has 8 heteroatoms. The van der Waals surface area contributed by atoms with E-state index in [1.54, 1.807) is 25.9 Å². The van der Waals surface area contributed by atoms with Crippen molar-refractivity contribution in [1.82, 2.24) is 9.21 Å². The van der Waals surface area contributed by atoms with E-state index >= 15 is 0 Å². The highest BCUT2D eigenvalue weighted by Gasteiger charge is 2.30. The number of nitrogens with zero attached hydrogens (tertiary/aromatic N) is 2. The highest BCUT2D eigenvalue weighted by molar-refractivity contribution is 7.89. The first-order valence-electron chi connectivity index (χ1n) is 6.59. The van der Waals surface area contributed by atoms with Crippen LogP contribution in [-0.4, -0.2) is 51.4 Å². The van der Waals surface area contributed by atoms with Crippen LogP contribution < -0.4 is 5.73 Å². The number of hydrogen-bond donors (Lipinski definition) is 1. The van der Waals surface area contributed by atoms with E-state index in [9.17, 15) is 17.2 Å². The van der Waals surface area contributed by atoms with Crippen molar-refractivity contribution in [1.29, 1.82) is 0 Å². The van der Waals surface area contributed by atoms with Crippen molar-refractivity contribution in [3.8, 4) is 0 Å². The Labute approximate surface area is 124 Å². The highest BCUT2D eigenvalue weighted by atomic mass is 32.2. The van der Waals surface area contributed by atoms with Gasteiger partial charge in [0.1, 0.15) is 11.6 Å². The van der Waals surface area contributed by atoms with E-state index in [0.717, 1.165) is 16.4 Å². The molecule has 0 unspecified atom stereocenters. The Kier molecular flexibility index (Phi) is 6.06. The van der Waals surface area contributed by atoms with E-state index in [2.05, 4.69) is 0 Å². The maximum absolute atomic E-state index is 13.9. The standard InChI is InChI=1S/C13H21F2N3O2S/c1-4-5-18(7-6-17(2)3)21(19,20)13-11(14)8-10(16)9-12(13)15/h8-9H,4-7,16H2,1-3H3. The van der Waals surface area contributed by atoms with Gasteiger partial charge in [0, 0.05) is 25.3 Å². The third-order valence-electron chi connectivity index (χ3n) is 2.89. The largest absolute Gasteiger partial charge is 0.399 e. The van der Waals surface area contributed by atoms with Gasteiger partial charge >= 0.3 is 0 Å². The molecule has 5 nitrogen and oxygen atoms in total. The molecule has 1 rings (SSSR count). The molecule has 0 saturated heterocycles. The number of sulfonamides is 1. The first-order valence-corrected chi connectivity index (χ1v) is 8.03. The normalized spacial score (nSPS) is 12.3. The predicted molar refractivity (Wildman–Crippen MR) is 78.4 cm³/mol. The van der Waals surface area contributed by atoms with E-state index in [-0.39, 0.29) is 18.8 Å². The predicted octanol–water partition coefficient (Wildman–Crippen LogP) is 1.51. The van der Waals surface area contributed by atoms with Gasteiger partial charge in [0.25, 0.3) is 0 Å². The summed E-state index contributed by atoms with van der Waals surface area (Å²) in [6, 6.07) is 1.62. The molecule has 0 saturated carbocycles. The van der Waals surface area contributed by atoms with Crippen LogP contribution in [0.15, 0.2) is 17.0 Å². The van der Waals surface area contributed by atoms with Crippen molar-refractivity contribution in [3.05, 3.63) is 23.8 Å². The maximum Gasteiger partial charge on any atom is 0.248 e. The summed E-state index contributed by atoms with van der Waals surface area (Å²) in [7, 11) is -0.650. The molecule has 21 heavy (non-hydrogen) atoms. The Hall–Kier alpha value is -1.25. The van der Waals surface area contributed by atoms with Gasteiger partial charge in [-0.05, 0) is 32.6 Å². The van der Waals surface area contributed by atoms with Gasteiger partial charge in [-0.15, -0.1) is 0 Å². The lowest BCUT2D eigenvalue weighted by Crippen LogP contribution is -2.38. The van der Waals surface area contributed by atoms with E-state index in [1.165, 1.54) is 0 Å². The minimum Gasteiger partial charge on any atom is -0.399 e. The molecule has 0 atom stereocenters. The summed E-state index contributed by atoms with van der Waals surface area (Å²) in [5.74, 6) is -2.34. The number of benzene rings is 1. The number of rotatable bonds is 7. The van der Waals surface area contributed by atoms with Gasteiger partial charge in [0.15, 0.2) is 4.90 Å². The third-order valence-corrected chi connectivity index (χ3v) is 4.84. The number of halogens is 2. The fourth-order valence-corrected chi connectivity index (χ4v) is 3.48. The van der Waals surface area contributed by atoms with Crippen LogP contribution in [0.5, 0.6) is 0 Å². The average molecular weight is 321 g/mol. The molecule has 120 valence electrons. The van der Waals surface area contributed by atoms with Gasteiger partial charge in [-0.2, -0.15) is 4.31 Å². The van der Waals surface area contributed by atoms with E-state index < -0.39 is 26.6 Å². The van der Waals surface area contributed by atoms with Crippen LogP contribution >= 0.6 is 0 Å². The van der Waals surface area contributed by atoms with Crippen LogP contribution in [0.1, 0.15) is 13.3 Å². The van der Waals surface area contributed by atoms with E-state index in [4.69, 9.17) is 5.73 Å². The first-order chi connectivity index (χ1) is 9.70. The number of nitrogen functional groups attached to an aromatic ring is 1. The Morgan fingerprint density at radius 1 is 1.10 bits per heavy atom. The third kappa shape index (κ3) is 4.36. The van der Waals surface area contributed by atoms with Gasteiger partial charge in [-0.25, -0.2) is 17.2 Å². The fourth-order valence-electron chi connectivity index (χ4n) is 1.87. The van der Waals surface area contributed by atoms with Gasteiger partial charge in [-0.3, -0.25) is 0 Å². The fraction of sp³-hybridized carbons (Fsp3) is 0.538. The molecule has 0 heterocycles. The SMILES string of the molecule is CCCN(CCN(C)C)S(=O)(=O)c1c(F)cc(N)cc1F. The van der Waals surface area contributed by atoms with Gasteiger partial charge in [0.05, 0.1) is 0 Å². The molecule has 2 N–H and O–H groups in total. The number of likely N-dealkylation sites (N-methyl/N-ethyl adjacent to an activating group) is 1. The Balaban J connectivity index is 3.23. The quantitative estimate of drug-likeness (QED) is 0.773. The minimum absolute atomic E-state index is 0.153. The van der Waals surface area contributed by atoms with Crippen molar-refractivity contribution < 1.29 is 17.2 Å². The minimum atomic E-state index is -4.24. The molecule has 1 aromatic carbocycles. The lowest BCUT2D eigenvalue weighted by molar-refractivity contribution is 0.330. The second kappa shape index (κ2) is 7.15. The first kappa shape index (κ1) is 17.8. The van der Waals surface area contributed by atoms with Crippen molar-refractivity contribution in [2.24, 2.45) is 0 Å². The summed E-state index contributed by atoms with van der Waals surface area (Å²) in [4.78, 5) is 0.859. The maximum atomic E-state index is 13.9. The number of hydrogen-bond acceptors (Lipinski definition) is 4.